The van der Waals surface area contributed by atoms with Crippen LogP contribution < -0.4 is 0 Å². The number of aryl methyl sites for hydroxylation is 1. The Labute approximate surface area is 177 Å². The van der Waals surface area contributed by atoms with Gasteiger partial charge in [0.25, 0.3) is 17.4 Å². The van der Waals surface area contributed by atoms with Crippen LogP contribution in [0.3, 0.4) is 0 Å². The number of amides is 1. The molecule has 0 spiro atoms. The fourth-order valence-corrected chi connectivity index (χ4v) is 3.63. The number of nitrogens with zero attached hydrogens (tertiary/aromatic N) is 2. The first-order chi connectivity index (χ1) is 14.9. The molecule has 8 heteroatoms. The third kappa shape index (κ3) is 3.71. The molecule has 1 atom stereocenters. The van der Waals surface area contributed by atoms with Gasteiger partial charge in [0, 0.05) is 17.7 Å². The zero-order chi connectivity index (χ0) is 22.1. The number of nitro groups is 1. The molecule has 1 aliphatic rings. The Morgan fingerprint density at radius 1 is 1.13 bits per heavy atom. The lowest BCUT2D eigenvalue weighted by Gasteiger charge is -2.24. The molecular weight excluding hydrogens is 400 g/mol. The van der Waals surface area contributed by atoms with Crippen molar-refractivity contribution >= 4 is 23.1 Å². The van der Waals surface area contributed by atoms with E-state index in [0.717, 1.165) is 5.56 Å². The second kappa shape index (κ2) is 7.91. The maximum absolute atomic E-state index is 13.0. The number of ketones is 1. The second-order valence-electron chi connectivity index (χ2n) is 7.22. The first-order valence-corrected chi connectivity index (χ1v) is 9.49. The molecule has 2 heterocycles. The van der Waals surface area contributed by atoms with E-state index in [4.69, 9.17) is 4.42 Å². The van der Waals surface area contributed by atoms with Crippen molar-refractivity contribution in [2.24, 2.45) is 0 Å². The highest BCUT2D eigenvalue weighted by molar-refractivity contribution is 6.46. The number of aliphatic hydroxyl groups excluding tert-OH is 1. The lowest BCUT2D eigenvalue weighted by atomic mass is 9.94. The predicted octanol–water partition coefficient (Wildman–Crippen LogP) is 4.12. The van der Waals surface area contributed by atoms with Gasteiger partial charge in [-0.1, -0.05) is 42.0 Å². The van der Waals surface area contributed by atoms with Crippen molar-refractivity contribution in [2.45, 2.75) is 19.5 Å². The molecule has 0 radical (unpaired) electrons. The highest BCUT2D eigenvalue weighted by Gasteiger charge is 2.46. The minimum atomic E-state index is -0.870. The van der Waals surface area contributed by atoms with Gasteiger partial charge < -0.3 is 14.4 Å². The number of hydrogen-bond donors (Lipinski definition) is 1. The van der Waals surface area contributed by atoms with Crippen LogP contribution in [0.15, 0.2) is 76.9 Å². The molecule has 1 fully saturated rings. The lowest BCUT2D eigenvalue weighted by Crippen LogP contribution is -2.29. The maximum atomic E-state index is 13.0. The topological polar surface area (TPSA) is 114 Å². The van der Waals surface area contributed by atoms with Gasteiger partial charge in [0.15, 0.2) is 0 Å². The quantitative estimate of drug-likeness (QED) is 0.219. The summed E-state index contributed by atoms with van der Waals surface area (Å²) in [6, 6.07) is 15.0. The first kappa shape index (κ1) is 20.1. The molecule has 0 unspecified atom stereocenters. The number of nitro benzene ring substituents is 1. The number of carbonyl (C=O) groups is 2. The van der Waals surface area contributed by atoms with Crippen LogP contribution in [0, 0.1) is 17.0 Å². The zero-order valence-corrected chi connectivity index (χ0v) is 16.5. The molecule has 8 nitrogen and oxygen atoms in total. The number of non-ortho nitro benzene ring substituents is 1. The van der Waals surface area contributed by atoms with Gasteiger partial charge in [-0.3, -0.25) is 19.7 Å². The summed E-state index contributed by atoms with van der Waals surface area (Å²) in [5, 5.41) is 22.1. The molecule has 3 aromatic rings. The van der Waals surface area contributed by atoms with E-state index in [0.29, 0.717) is 11.3 Å². The van der Waals surface area contributed by atoms with Gasteiger partial charge >= 0.3 is 0 Å². The number of rotatable bonds is 5. The van der Waals surface area contributed by atoms with E-state index >= 15 is 0 Å². The van der Waals surface area contributed by atoms with Gasteiger partial charge in [0.2, 0.25) is 0 Å². The fraction of sp³-hybridized carbons (Fsp3) is 0.130. The Morgan fingerprint density at radius 3 is 2.52 bits per heavy atom. The Bertz CT molecular complexity index is 1200. The largest absolute Gasteiger partial charge is 0.507 e. The molecule has 0 saturated carbocycles. The van der Waals surface area contributed by atoms with Crippen LogP contribution in [-0.4, -0.2) is 26.6 Å². The van der Waals surface area contributed by atoms with Crippen LogP contribution in [0.4, 0.5) is 5.69 Å². The van der Waals surface area contributed by atoms with E-state index in [2.05, 4.69) is 0 Å². The van der Waals surface area contributed by atoms with Crippen LogP contribution >= 0.6 is 0 Å². The summed E-state index contributed by atoms with van der Waals surface area (Å²) in [7, 11) is 0. The summed E-state index contributed by atoms with van der Waals surface area (Å²) in [4.78, 5) is 37.7. The number of aliphatic hydroxyl groups is 1. The van der Waals surface area contributed by atoms with Crippen molar-refractivity contribution < 1.29 is 24.0 Å². The molecule has 1 aliphatic heterocycles. The summed E-state index contributed by atoms with van der Waals surface area (Å²) in [6.45, 7) is 1.94. The third-order valence-electron chi connectivity index (χ3n) is 5.17. The van der Waals surface area contributed by atoms with Gasteiger partial charge in [0.1, 0.15) is 11.5 Å². The van der Waals surface area contributed by atoms with E-state index in [1.807, 2.05) is 19.1 Å². The minimum Gasteiger partial charge on any atom is -0.507 e. The van der Waals surface area contributed by atoms with Gasteiger partial charge in [-0.15, -0.1) is 0 Å². The van der Waals surface area contributed by atoms with Crippen LogP contribution in [0.2, 0.25) is 0 Å². The van der Waals surface area contributed by atoms with Gasteiger partial charge in [-0.25, -0.2) is 0 Å². The summed E-state index contributed by atoms with van der Waals surface area (Å²) < 4.78 is 5.35. The third-order valence-corrected chi connectivity index (χ3v) is 5.17. The monoisotopic (exact) mass is 418 g/mol. The summed E-state index contributed by atoms with van der Waals surface area (Å²) in [5.41, 5.74) is 1.35. The van der Waals surface area contributed by atoms with Crippen LogP contribution in [-0.2, 0) is 16.1 Å². The number of likely N-dealkylation sites (tertiary alicyclic amines) is 1. The standard InChI is InChI=1S/C23H18N2O6/c1-14-7-9-15(10-8-14)20-19(21(26)16-4-2-5-17(12-16)25(29)30)22(27)23(28)24(20)13-18-6-3-11-31-18/h2-12,20,26H,13H2,1H3/t20-/m0/s1. The Kier molecular flexibility index (Phi) is 5.12. The smallest absolute Gasteiger partial charge is 0.296 e. The fourth-order valence-electron chi connectivity index (χ4n) is 3.63. The van der Waals surface area contributed by atoms with Crippen molar-refractivity contribution in [1.82, 2.24) is 4.90 Å². The summed E-state index contributed by atoms with van der Waals surface area (Å²) in [6.07, 6.45) is 1.47. The van der Waals surface area contributed by atoms with Crippen molar-refractivity contribution in [2.75, 3.05) is 0 Å². The van der Waals surface area contributed by atoms with E-state index in [-0.39, 0.29) is 23.4 Å². The molecule has 1 saturated heterocycles. The maximum Gasteiger partial charge on any atom is 0.296 e. The number of hydrogen-bond acceptors (Lipinski definition) is 6. The molecule has 1 N–H and O–H groups in total. The number of carbonyl (C=O) groups excluding carboxylic acids is 2. The highest BCUT2D eigenvalue weighted by atomic mass is 16.6. The summed E-state index contributed by atoms with van der Waals surface area (Å²) in [5.74, 6) is -1.63. The molecule has 31 heavy (non-hydrogen) atoms. The van der Waals surface area contributed by atoms with Gasteiger partial charge in [-0.2, -0.15) is 0 Å². The zero-order valence-electron chi connectivity index (χ0n) is 16.5. The Hall–Kier alpha value is -4.20. The predicted molar refractivity (Wildman–Crippen MR) is 111 cm³/mol. The SMILES string of the molecule is Cc1ccc([C@H]2C(=C(O)c3cccc([N+](=O)[O-])c3)C(=O)C(=O)N2Cc2ccco2)cc1. The van der Waals surface area contributed by atoms with E-state index < -0.39 is 28.4 Å². The normalized spacial score (nSPS) is 17.8. The molecule has 2 aromatic carbocycles. The molecule has 156 valence electrons. The van der Waals surface area contributed by atoms with Crippen LogP contribution in [0.25, 0.3) is 5.76 Å². The van der Waals surface area contributed by atoms with E-state index in [1.165, 1.54) is 35.4 Å². The average molecular weight is 418 g/mol. The van der Waals surface area contributed by atoms with Crippen molar-refractivity contribution in [3.05, 3.63) is 105 Å². The van der Waals surface area contributed by atoms with Crippen molar-refractivity contribution in [3.8, 4) is 0 Å². The number of Topliss-reactive ketones (excluding diaryl/α,β-unsaturated/α-hetero) is 1. The minimum absolute atomic E-state index is 0.0296. The molecule has 1 aromatic heterocycles. The average Bonchev–Trinajstić information content (AvgIpc) is 3.36. The van der Waals surface area contributed by atoms with Gasteiger partial charge in [0.05, 0.1) is 29.3 Å². The Balaban J connectivity index is 1.87. The number of benzene rings is 2. The van der Waals surface area contributed by atoms with E-state index in [1.54, 1.807) is 24.3 Å². The van der Waals surface area contributed by atoms with Crippen LogP contribution in [0.5, 0.6) is 0 Å². The van der Waals surface area contributed by atoms with Gasteiger partial charge in [-0.05, 0) is 24.6 Å². The molecule has 4 rings (SSSR count). The molecule has 0 bridgehead atoms. The van der Waals surface area contributed by atoms with E-state index in [9.17, 15) is 24.8 Å². The van der Waals surface area contributed by atoms with Crippen molar-refractivity contribution in [1.29, 1.82) is 0 Å². The molecular formula is C23H18N2O6. The number of furan rings is 1. The Morgan fingerprint density at radius 2 is 1.87 bits per heavy atom. The second-order valence-corrected chi connectivity index (χ2v) is 7.22. The lowest BCUT2D eigenvalue weighted by molar-refractivity contribution is -0.384. The van der Waals surface area contributed by atoms with Crippen molar-refractivity contribution in [3.63, 3.8) is 0 Å². The first-order valence-electron chi connectivity index (χ1n) is 9.49. The summed E-state index contributed by atoms with van der Waals surface area (Å²) >= 11 is 0. The molecule has 0 aliphatic carbocycles. The molecule has 1 amide bonds. The van der Waals surface area contributed by atoms with Crippen LogP contribution in [0.1, 0.15) is 28.5 Å². The highest BCUT2D eigenvalue weighted by Crippen LogP contribution is 2.40.